The van der Waals surface area contributed by atoms with E-state index in [1.165, 1.54) is 10.6 Å². The van der Waals surface area contributed by atoms with Crippen molar-refractivity contribution >= 4 is 17.5 Å². The molecule has 1 N–H and O–H groups in total. The first-order chi connectivity index (χ1) is 14.9. The van der Waals surface area contributed by atoms with Crippen LogP contribution in [0.4, 0.5) is 5.69 Å². The van der Waals surface area contributed by atoms with Crippen LogP contribution in [0, 0.1) is 0 Å². The maximum absolute atomic E-state index is 12.6. The number of nitrogens with zero attached hydrogens (tertiary/aromatic N) is 3. The van der Waals surface area contributed by atoms with Gasteiger partial charge in [-0.2, -0.15) is 0 Å². The highest BCUT2D eigenvalue weighted by atomic mass is 16.5. The Bertz CT molecular complexity index is 864. The Morgan fingerprint density at radius 1 is 1.03 bits per heavy atom. The Hall–Kier alpha value is -3.06. The van der Waals surface area contributed by atoms with Gasteiger partial charge in [0.15, 0.2) is 6.61 Å². The van der Waals surface area contributed by atoms with Crippen LogP contribution < -0.4 is 15.0 Å². The van der Waals surface area contributed by atoms with Crippen molar-refractivity contribution < 1.29 is 14.3 Å². The second-order valence-electron chi connectivity index (χ2n) is 8.02. The van der Waals surface area contributed by atoms with Crippen molar-refractivity contribution in [3.8, 4) is 5.75 Å². The number of nitrogens with one attached hydrogen (secondary N) is 1. The second-order valence-corrected chi connectivity index (χ2v) is 8.02. The summed E-state index contributed by atoms with van der Waals surface area (Å²) < 4.78 is 5.50. The van der Waals surface area contributed by atoms with E-state index < -0.39 is 0 Å². The first-order valence-electron chi connectivity index (χ1n) is 10.7. The van der Waals surface area contributed by atoms with E-state index in [1.807, 2.05) is 6.07 Å². The van der Waals surface area contributed by atoms with Crippen molar-refractivity contribution in [2.45, 2.75) is 13.0 Å². The van der Waals surface area contributed by atoms with Gasteiger partial charge in [0.1, 0.15) is 5.75 Å². The third-order valence-electron chi connectivity index (χ3n) is 5.57. The summed E-state index contributed by atoms with van der Waals surface area (Å²) in [6.45, 7) is 6.56. The molecule has 0 aliphatic carbocycles. The van der Waals surface area contributed by atoms with Crippen LogP contribution in [-0.4, -0.2) is 81.1 Å². The highest BCUT2D eigenvalue weighted by molar-refractivity contribution is 5.94. The number of rotatable bonds is 8. The molecule has 31 heavy (non-hydrogen) atoms. The normalized spacial score (nSPS) is 15.3. The minimum atomic E-state index is -0.140. The number of hydrogen-bond acceptors (Lipinski definition) is 5. The standard InChI is InChI=1S/C24H32N4O3/c1-19(27-12-14-28(15-13-27)21-9-5-4-6-10-21)17-25-24(30)20-8-7-11-22(16-20)31-18-23(29)26(2)3/h4-11,16,19H,12-15,17-18H2,1-3H3,(H,25,30). The predicted molar refractivity (Wildman–Crippen MR) is 123 cm³/mol. The Morgan fingerprint density at radius 3 is 2.42 bits per heavy atom. The number of benzene rings is 2. The molecule has 1 saturated heterocycles. The number of likely N-dealkylation sites (N-methyl/N-ethyl adjacent to an activating group) is 1. The second kappa shape index (κ2) is 10.8. The Morgan fingerprint density at radius 2 is 1.74 bits per heavy atom. The quantitative estimate of drug-likeness (QED) is 0.703. The van der Waals surface area contributed by atoms with Crippen molar-refractivity contribution in [2.75, 3.05) is 58.3 Å². The molecular weight excluding hydrogens is 392 g/mol. The van der Waals surface area contributed by atoms with Gasteiger partial charge in [0.05, 0.1) is 0 Å². The van der Waals surface area contributed by atoms with Crippen LogP contribution >= 0.6 is 0 Å². The Balaban J connectivity index is 1.45. The molecule has 1 heterocycles. The molecule has 0 aromatic heterocycles. The molecule has 0 saturated carbocycles. The fraction of sp³-hybridized carbons (Fsp3) is 0.417. The van der Waals surface area contributed by atoms with Crippen LogP contribution in [0.15, 0.2) is 54.6 Å². The molecule has 7 nitrogen and oxygen atoms in total. The molecule has 1 atom stereocenters. The van der Waals surface area contributed by atoms with Gasteiger partial charge in [-0.1, -0.05) is 24.3 Å². The molecule has 7 heteroatoms. The van der Waals surface area contributed by atoms with Crippen molar-refractivity contribution in [1.29, 1.82) is 0 Å². The minimum Gasteiger partial charge on any atom is -0.484 e. The van der Waals surface area contributed by atoms with Gasteiger partial charge in [-0.25, -0.2) is 0 Å². The zero-order valence-electron chi connectivity index (χ0n) is 18.6. The van der Waals surface area contributed by atoms with E-state index in [0.717, 1.165) is 26.2 Å². The summed E-state index contributed by atoms with van der Waals surface area (Å²) >= 11 is 0. The molecule has 0 bridgehead atoms. The van der Waals surface area contributed by atoms with Gasteiger partial charge >= 0.3 is 0 Å². The highest BCUT2D eigenvalue weighted by Gasteiger charge is 2.21. The first-order valence-corrected chi connectivity index (χ1v) is 10.7. The van der Waals surface area contributed by atoms with Crippen LogP contribution in [0.25, 0.3) is 0 Å². The van der Waals surface area contributed by atoms with Crippen LogP contribution in [0.2, 0.25) is 0 Å². The molecule has 1 aliphatic rings. The van der Waals surface area contributed by atoms with Crippen LogP contribution in [0.1, 0.15) is 17.3 Å². The largest absolute Gasteiger partial charge is 0.484 e. The molecule has 0 spiro atoms. The number of carbonyl (C=O) groups excluding carboxylic acids is 2. The average Bonchev–Trinajstić information content (AvgIpc) is 2.81. The van der Waals surface area contributed by atoms with Crippen LogP contribution in [-0.2, 0) is 4.79 Å². The lowest BCUT2D eigenvalue weighted by atomic mass is 10.1. The zero-order chi connectivity index (χ0) is 22.2. The number of piperazine rings is 1. The summed E-state index contributed by atoms with van der Waals surface area (Å²) in [5, 5.41) is 3.02. The number of ether oxygens (including phenoxy) is 1. The molecule has 166 valence electrons. The summed E-state index contributed by atoms with van der Waals surface area (Å²) in [5.74, 6) is 0.239. The topological polar surface area (TPSA) is 65.1 Å². The summed E-state index contributed by atoms with van der Waals surface area (Å²) in [6.07, 6.45) is 0. The number of amides is 2. The maximum Gasteiger partial charge on any atom is 0.259 e. The van der Waals surface area contributed by atoms with Crippen molar-refractivity contribution in [3.63, 3.8) is 0 Å². The molecule has 2 amide bonds. The highest BCUT2D eigenvalue weighted by Crippen LogP contribution is 2.17. The van der Waals surface area contributed by atoms with Gasteiger partial charge in [0.2, 0.25) is 0 Å². The number of anilines is 1. The molecule has 1 aliphatic heterocycles. The Labute approximate surface area is 184 Å². The summed E-state index contributed by atoms with van der Waals surface area (Å²) in [7, 11) is 3.36. The average molecular weight is 425 g/mol. The lowest BCUT2D eigenvalue weighted by Gasteiger charge is -2.39. The molecule has 1 unspecified atom stereocenters. The number of hydrogen-bond donors (Lipinski definition) is 1. The van der Waals surface area contributed by atoms with E-state index in [1.54, 1.807) is 38.4 Å². The number of carbonyl (C=O) groups is 2. The van der Waals surface area contributed by atoms with E-state index in [4.69, 9.17) is 4.74 Å². The SMILES string of the molecule is CC(CNC(=O)c1cccc(OCC(=O)N(C)C)c1)N1CCN(c2ccccc2)CC1. The van der Waals surface area contributed by atoms with Gasteiger partial charge in [-0.15, -0.1) is 0 Å². The van der Waals surface area contributed by atoms with Gasteiger partial charge in [0.25, 0.3) is 11.8 Å². The fourth-order valence-electron chi connectivity index (χ4n) is 3.53. The fourth-order valence-corrected chi connectivity index (χ4v) is 3.53. The van der Waals surface area contributed by atoms with E-state index in [9.17, 15) is 9.59 Å². The van der Waals surface area contributed by atoms with Gasteiger partial charge in [0, 0.05) is 64.1 Å². The van der Waals surface area contributed by atoms with Crippen LogP contribution in [0.3, 0.4) is 0 Å². The lowest BCUT2D eigenvalue weighted by molar-refractivity contribution is -0.130. The first kappa shape index (κ1) is 22.6. The van der Waals surface area contributed by atoms with Crippen molar-refractivity contribution in [1.82, 2.24) is 15.1 Å². The van der Waals surface area contributed by atoms with E-state index in [-0.39, 0.29) is 24.5 Å². The van der Waals surface area contributed by atoms with Gasteiger partial charge < -0.3 is 19.9 Å². The van der Waals surface area contributed by atoms with E-state index in [2.05, 4.69) is 46.3 Å². The van der Waals surface area contributed by atoms with Gasteiger partial charge in [-0.3, -0.25) is 14.5 Å². The zero-order valence-corrected chi connectivity index (χ0v) is 18.6. The third kappa shape index (κ3) is 6.46. The lowest BCUT2D eigenvalue weighted by Crippen LogP contribution is -2.52. The molecular formula is C24H32N4O3. The van der Waals surface area contributed by atoms with Gasteiger partial charge in [-0.05, 0) is 37.3 Å². The van der Waals surface area contributed by atoms with Crippen molar-refractivity contribution in [2.24, 2.45) is 0 Å². The van der Waals surface area contributed by atoms with Crippen molar-refractivity contribution in [3.05, 3.63) is 60.2 Å². The van der Waals surface area contributed by atoms with E-state index >= 15 is 0 Å². The predicted octanol–water partition coefficient (Wildman–Crippen LogP) is 2.09. The minimum absolute atomic E-state index is 0.0515. The summed E-state index contributed by atoms with van der Waals surface area (Å²) in [4.78, 5) is 30.6. The summed E-state index contributed by atoms with van der Waals surface area (Å²) in [5.41, 5.74) is 1.79. The van der Waals surface area contributed by atoms with Crippen LogP contribution in [0.5, 0.6) is 5.75 Å². The van der Waals surface area contributed by atoms with E-state index in [0.29, 0.717) is 17.9 Å². The molecule has 0 radical (unpaired) electrons. The molecule has 2 aromatic rings. The molecule has 3 rings (SSSR count). The Kier molecular flexibility index (Phi) is 7.89. The summed E-state index contributed by atoms with van der Waals surface area (Å²) in [6, 6.07) is 17.6. The maximum atomic E-state index is 12.6. The number of para-hydroxylation sites is 1. The monoisotopic (exact) mass is 424 g/mol. The third-order valence-corrected chi connectivity index (χ3v) is 5.57. The molecule has 2 aromatic carbocycles. The molecule has 1 fully saturated rings. The smallest absolute Gasteiger partial charge is 0.259 e.